The van der Waals surface area contributed by atoms with Gasteiger partial charge < -0.3 is 14.0 Å². The third-order valence-electron chi connectivity index (χ3n) is 2.55. The second-order valence-corrected chi connectivity index (χ2v) is 4.18. The maximum absolute atomic E-state index is 11.3. The molecule has 2 aromatic rings. The van der Waals surface area contributed by atoms with Gasteiger partial charge in [0.1, 0.15) is 6.54 Å². The summed E-state index contributed by atoms with van der Waals surface area (Å²) in [6.45, 7) is 0.239. The van der Waals surface area contributed by atoms with E-state index in [1.54, 1.807) is 11.9 Å². The van der Waals surface area contributed by atoms with E-state index in [0.29, 0.717) is 0 Å². The highest BCUT2D eigenvalue weighted by molar-refractivity contribution is 7.99. The predicted molar refractivity (Wildman–Crippen MR) is 71.1 cm³/mol. The zero-order valence-corrected chi connectivity index (χ0v) is 10.6. The van der Waals surface area contributed by atoms with Gasteiger partial charge in [0.15, 0.2) is 0 Å². The van der Waals surface area contributed by atoms with Crippen molar-refractivity contribution in [1.82, 2.24) is 4.57 Å². The second-order valence-electron chi connectivity index (χ2n) is 3.56. The summed E-state index contributed by atoms with van der Waals surface area (Å²) < 4.78 is 9.77. The molecule has 0 bridgehead atoms. The number of fused-ring (bicyclic) bond motifs is 1. The van der Waals surface area contributed by atoms with Crippen LogP contribution >= 0.6 is 11.9 Å². The van der Waals surface area contributed by atoms with E-state index in [1.165, 1.54) is 7.11 Å². The number of carbonyl (C=O) groups excluding carboxylic acids is 1. The van der Waals surface area contributed by atoms with Crippen LogP contribution in [0.2, 0.25) is 0 Å². The van der Waals surface area contributed by atoms with Gasteiger partial charge in [-0.25, -0.2) is 0 Å². The summed E-state index contributed by atoms with van der Waals surface area (Å²) in [5.74, 6) is -0.245. The Balaban J connectivity index is 2.40. The van der Waals surface area contributed by atoms with Crippen molar-refractivity contribution in [2.45, 2.75) is 6.54 Å². The molecule has 17 heavy (non-hydrogen) atoms. The third-order valence-corrected chi connectivity index (χ3v) is 2.98. The van der Waals surface area contributed by atoms with Crippen molar-refractivity contribution < 1.29 is 9.53 Å². The minimum Gasteiger partial charge on any atom is -0.468 e. The van der Waals surface area contributed by atoms with Gasteiger partial charge in [-0.1, -0.05) is 18.0 Å². The first-order valence-electron chi connectivity index (χ1n) is 5.20. The van der Waals surface area contributed by atoms with Gasteiger partial charge in [0.2, 0.25) is 0 Å². The van der Waals surface area contributed by atoms with Gasteiger partial charge in [-0.3, -0.25) is 4.79 Å². The molecule has 0 atom stereocenters. The van der Waals surface area contributed by atoms with Crippen LogP contribution in [0.1, 0.15) is 0 Å². The first-order chi connectivity index (χ1) is 8.26. The summed E-state index contributed by atoms with van der Waals surface area (Å²) in [6.07, 6.45) is 3.87. The number of nitrogens with zero attached hydrogens (tertiary/aromatic N) is 1. The molecule has 90 valence electrons. The van der Waals surface area contributed by atoms with E-state index in [0.717, 1.165) is 16.6 Å². The van der Waals surface area contributed by atoms with E-state index >= 15 is 0 Å². The molecule has 1 aromatic carbocycles. The Hall–Kier alpha value is -1.62. The van der Waals surface area contributed by atoms with Gasteiger partial charge in [-0.2, -0.15) is 0 Å². The van der Waals surface area contributed by atoms with Crippen molar-refractivity contribution >= 4 is 34.5 Å². The van der Waals surface area contributed by atoms with E-state index in [1.807, 2.05) is 41.3 Å². The fraction of sp³-hybridized carbons (Fsp3) is 0.250. The molecule has 1 heterocycles. The fourth-order valence-electron chi connectivity index (χ4n) is 1.76. The van der Waals surface area contributed by atoms with Gasteiger partial charge >= 0.3 is 5.97 Å². The Kier molecular flexibility index (Phi) is 3.58. The van der Waals surface area contributed by atoms with Crippen LogP contribution in [-0.4, -0.2) is 23.9 Å². The van der Waals surface area contributed by atoms with E-state index < -0.39 is 0 Å². The van der Waals surface area contributed by atoms with Crippen LogP contribution in [0.4, 0.5) is 5.69 Å². The van der Waals surface area contributed by atoms with Crippen LogP contribution in [-0.2, 0) is 16.1 Å². The van der Waals surface area contributed by atoms with Crippen LogP contribution in [0.3, 0.4) is 0 Å². The smallest absolute Gasteiger partial charge is 0.325 e. The topological polar surface area (TPSA) is 43.3 Å². The molecule has 0 spiro atoms. The van der Waals surface area contributed by atoms with Crippen molar-refractivity contribution in [3.05, 3.63) is 30.5 Å². The number of benzene rings is 1. The van der Waals surface area contributed by atoms with Gasteiger partial charge in [0, 0.05) is 17.8 Å². The summed E-state index contributed by atoms with van der Waals surface area (Å²) in [7, 11) is 1.40. The normalized spacial score (nSPS) is 10.5. The average Bonchev–Trinajstić information content (AvgIpc) is 2.74. The molecular weight excluding hydrogens is 236 g/mol. The van der Waals surface area contributed by atoms with Crippen LogP contribution in [0.15, 0.2) is 30.5 Å². The summed E-state index contributed by atoms with van der Waals surface area (Å²) in [6, 6.07) is 7.97. The quantitative estimate of drug-likeness (QED) is 0.669. The maximum Gasteiger partial charge on any atom is 0.325 e. The van der Waals surface area contributed by atoms with Crippen molar-refractivity contribution in [1.29, 1.82) is 0 Å². The van der Waals surface area contributed by atoms with Crippen molar-refractivity contribution in [2.75, 3.05) is 18.1 Å². The zero-order valence-electron chi connectivity index (χ0n) is 9.77. The van der Waals surface area contributed by atoms with Crippen molar-refractivity contribution in [2.24, 2.45) is 0 Å². The first-order valence-corrected chi connectivity index (χ1v) is 6.42. The number of hydrogen-bond acceptors (Lipinski definition) is 4. The molecule has 0 amide bonds. The average molecular weight is 250 g/mol. The summed E-state index contributed by atoms with van der Waals surface area (Å²) in [5, 5.41) is 1.10. The highest BCUT2D eigenvalue weighted by Crippen LogP contribution is 2.26. The molecule has 0 aliphatic carbocycles. The summed E-state index contributed by atoms with van der Waals surface area (Å²) in [5.41, 5.74) is 2.08. The van der Waals surface area contributed by atoms with Crippen molar-refractivity contribution in [3.8, 4) is 0 Å². The Bertz CT molecular complexity index is 536. The van der Waals surface area contributed by atoms with Crippen LogP contribution < -0.4 is 4.72 Å². The second kappa shape index (κ2) is 5.14. The number of anilines is 1. The fourth-order valence-corrected chi connectivity index (χ4v) is 2.16. The summed E-state index contributed by atoms with van der Waals surface area (Å²) in [4.78, 5) is 11.3. The number of esters is 1. The number of ether oxygens (including phenoxy) is 1. The lowest BCUT2D eigenvalue weighted by atomic mass is 10.2. The highest BCUT2D eigenvalue weighted by atomic mass is 32.2. The number of hydrogen-bond donors (Lipinski definition) is 1. The molecule has 4 nitrogen and oxygen atoms in total. The van der Waals surface area contributed by atoms with Crippen LogP contribution in [0.25, 0.3) is 10.9 Å². The molecule has 5 heteroatoms. The van der Waals surface area contributed by atoms with Gasteiger partial charge in [0.05, 0.1) is 18.3 Å². The van der Waals surface area contributed by atoms with E-state index in [4.69, 9.17) is 0 Å². The number of aromatic nitrogens is 1. The Morgan fingerprint density at radius 1 is 1.47 bits per heavy atom. The van der Waals surface area contributed by atoms with Gasteiger partial charge in [-0.15, -0.1) is 0 Å². The lowest BCUT2D eigenvalue weighted by Gasteiger charge is -2.06. The third kappa shape index (κ3) is 2.39. The van der Waals surface area contributed by atoms with Crippen LogP contribution in [0, 0.1) is 0 Å². The molecule has 0 unspecified atom stereocenters. The molecular formula is C12H14N2O2S. The van der Waals surface area contributed by atoms with Crippen molar-refractivity contribution in [3.63, 3.8) is 0 Å². The summed E-state index contributed by atoms with van der Waals surface area (Å²) >= 11 is 1.55. The number of methoxy groups -OCH3 is 1. The molecule has 2 rings (SSSR count). The van der Waals surface area contributed by atoms with Gasteiger partial charge in [0.25, 0.3) is 0 Å². The molecule has 0 saturated carbocycles. The minimum absolute atomic E-state index is 0.239. The minimum atomic E-state index is -0.245. The lowest BCUT2D eigenvalue weighted by Crippen LogP contribution is -2.10. The van der Waals surface area contributed by atoms with E-state index in [-0.39, 0.29) is 12.5 Å². The largest absolute Gasteiger partial charge is 0.468 e. The molecule has 0 aliphatic heterocycles. The SMILES string of the molecule is COC(=O)Cn1ccc2c(NSC)cccc21. The number of nitrogens with one attached hydrogen (secondary N) is 1. The molecule has 0 fully saturated rings. The Morgan fingerprint density at radius 2 is 2.29 bits per heavy atom. The highest BCUT2D eigenvalue weighted by Gasteiger charge is 2.08. The standard InChI is InChI=1S/C12H14N2O2S/c1-16-12(15)8-14-7-6-9-10(13-17-2)4-3-5-11(9)14/h3-7,13H,8H2,1-2H3. The Labute approximate surface area is 104 Å². The van der Waals surface area contributed by atoms with E-state index in [9.17, 15) is 4.79 Å². The lowest BCUT2D eigenvalue weighted by molar-refractivity contribution is -0.141. The Morgan fingerprint density at radius 3 is 3.00 bits per heavy atom. The first kappa shape index (κ1) is 11.9. The van der Waals surface area contributed by atoms with Crippen LogP contribution in [0.5, 0.6) is 0 Å². The molecule has 1 N–H and O–H groups in total. The zero-order chi connectivity index (χ0) is 12.3. The maximum atomic E-state index is 11.3. The monoisotopic (exact) mass is 250 g/mol. The molecule has 0 aliphatic rings. The molecule has 0 radical (unpaired) electrons. The predicted octanol–water partition coefficient (Wildman–Crippen LogP) is 2.50. The molecule has 0 saturated heterocycles. The number of carbonyl (C=O) groups is 1. The van der Waals surface area contributed by atoms with E-state index in [2.05, 4.69) is 9.46 Å². The molecule has 1 aromatic heterocycles. The number of rotatable bonds is 4. The van der Waals surface area contributed by atoms with Gasteiger partial charge in [-0.05, 0) is 18.2 Å².